The van der Waals surface area contributed by atoms with Crippen molar-refractivity contribution in [1.82, 2.24) is 25.4 Å². The Balaban J connectivity index is 0.00000320. The van der Waals surface area contributed by atoms with Gasteiger partial charge >= 0.3 is 0 Å². The van der Waals surface area contributed by atoms with Gasteiger partial charge in [-0.15, -0.1) is 34.2 Å². The lowest BCUT2D eigenvalue weighted by Crippen LogP contribution is -2.38. The highest BCUT2D eigenvalue weighted by Gasteiger charge is 2.16. The summed E-state index contributed by atoms with van der Waals surface area (Å²) in [5, 5.41) is 15.2. The normalized spacial score (nSPS) is 12.8. The van der Waals surface area contributed by atoms with E-state index in [4.69, 9.17) is 9.47 Å². The van der Waals surface area contributed by atoms with Crippen LogP contribution in [-0.2, 0) is 25.9 Å². The smallest absolute Gasteiger partial charge is 0.191 e. The van der Waals surface area contributed by atoms with E-state index in [-0.39, 0.29) is 24.0 Å². The third-order valence-electron chi connectivity index (χ3n) is 4.87. The quantitative estimate of drug-likeness (QED) is 0.214. The predicted octanol–water partition coefficient (Wildman–Crippen LogP) is 2.94. The van der Waals surface area contributed by atoms with Crippen LogP contribution in [0.4, 0.5) is 0 Å². The molecule has 30 heavy (non-hydrogen) atoms. The van der Waals surface area contributed by atoms with Gasteiger partial charge in [0.15, 0.2) is 23.3 Å². The molecule has 8 nitrogen and oxygen atoms in total. The number of aliphatic imine (C=N–C) groups is 1. The van der Waals surface area contributed by atoms with Crippen LogP contribution in [0, 0.1) is 0 Å². The van der Waals surface area contributed by atoms with Crippen molar-refractivity contribution in [3.05, 3.63) is 35.4 Å². The minimum Gasteiger partial charge on any atom is -0.493 e. The first kappa shape index (κ1) is 24.2. The summed E-state index contributed by atoms with van der Waals surface area (Å²) in [4.78, 5) is 4.67. The number of hydrogen-bond donors (Lipinski definition) is 2. The van der Waals surface area contributed by atoms with Crippen LogP contribution < -0.4 is 20.1 Å². The number of nitrogens with zero attached hydrogens (tertiary/aromatic N) is 4. The average molecular weight is 528 g/mol. The van der Waals surface area contributed by atoms with Crippen molar-refractivity contribution in [2.75, 3.05) is 26.8 Å². The van der Waals surface area contributed by atoms with E-state index in [9.17, 15) is 0 Å². The van der Waals surface area contributed by atoms with Gasteiger partial charge in [0.1, 0.15) is 12.4 Å². The number of rotatable bonds is 10. The minimum atomic E-state index is 0. The molecule has 0 amide bonds. The number of halogens is 1. The van der Waals surface area contributed by atoms with Crippen molar-refractivity contribution < 1.29 is 9.47 Å². The molecule has 2 aromatic rings. The highest BCUT2D eigenvalue weighted by Crippen LogP contribution is 2.28. The van der Waals surface area contributed by atoms with Crippen LogP contribution in [-0.4, -0.2) is 47.5 Å². The molecule has 0 spiro atoms. The van der Waals surface area contributed by atoms with Crippen molar-refractivity contribution in [2.24, 2.45) is 4.99 Å². The first-order valence-electron chi connectivity index (χ1n) is 10.5. The van der Waals surface area contributed by atoms with E-state index in [0.29, 0.717) is 13.2 Å². The average Bonchev–Trinajstić information content (AvgIpc) is 3.34. The van der Waals surface area contributed by atoms with Crippen LogP contribution >= 0.6 is 24.0 Å². The maximum absolute atomic E-state index is 5.66. The van der Waals surface area contributed by atoms with E-state index in [2.05, 4.69) is 49.4 Å². The Morgan fingerprint density at radius 1 is 1.20 bits per heavy atom. The Morgan fingerprint density at radius 3 is 2.83 bits per heavy atom. The summed E-state index contributed by atoms with van der Waals surface area (Å²) in [5.41, 5.74) is 1.23. The Morgan fingerprint density at radius 2 is 2.07 bits per heavy atom. The highest BCUT2D eigenvalue weighted by molar-refractivity contribution is 14.0. The Bertz CT molecular complexity index is 824. The van der Waals surface area contributed by atoms with Crippen molar-refractivity contribution in [3.8, 4) is 11.5 Å². The summed E-state index contributed by atoms with van der Waals surface area (Å²) in [6, 6.07) is 6.12. The van der Waals surface area contributed by atoms with Gasteiger partial charge in [0.05, 0.1) is 13.7 Å². The van der Waals surface area contributed by atoms with E-state index >= 15 is 0 Å². The molecule has 1 aliphatic rings. The number of aromatic nitrogens is 3. The van der Waals surface area contributed by atoms with Crippen LogP contribution in [0.3, 0.4) is 0 Å². The number of methoxy groups -OCH3 is 1. The molecular formula is C21H33IN6O2. The van der Waals surface area contributed by atoms with Gasteiger partial charge in [0, 0.05) is 26.1 Å². The Kier molecular flexibility index (Phi) is 10.2. The molecule has 0 fully saturated rings. The molecular weight excluding hydrogens is 495 g/mol. The summed E-state index contributed by atoms with van der Waals surface area (Å²) in [7, 11) is 1.66. The number of benzene rings is 1. The number of hydrogen-bond acceptors (Lipinski definition) is 5. The fourth-order valence-electron chi connectivity index (χ4n) is 3.46. The van der Waals surface area contributed by atoms with Crippen molar-refractivity contribution in [2.45, 2.75) is 52.6 Å². The van der Waals surface area contributed by atoms with Crippen molar-refractivity contribution in [1.29, 1.82) is 0 Å². The second-order valence-electron chi connectivity index (χ2n) is 6.93. The molecule has 1 aliphatic heterocycles. The molecule has 0 saturated heterocycles. The number of guanidine groups is 1. The molecule has 2 heterocycles. The van der Waals surface area contributed by atoms with Gasteiger partial charge in [0.25, 0.3) is 0 Å². The van der Waals surface area contributed by atoms with Crippen LogP contribution in [0.1, 0.15) is 43.9 Å². The molecule has 0 bridgehead atoms. The van der Waals surface area contributed by atoms with Gasteiger partial charge in [-0.25, -0.2) is 4.99 Å². The van der Waals surface area contributed by atoms with E-state index in [0.717, 1.165) is 74.4 Å². The van der Waals surface area contributed by atoms with E-state index in [1.807, 2.05) is 13.0 Å². The zero-order valence-electron chi connectivity index (χ0n) is 18.1. The maximum Gasteiger partial charge on any atom is 0.191 e. The molecule has 0 saturated carbocycles. The monoisotopic (exact) mass is 528 g/mol. The lowest BCUT2D eigenvalue weighted by molar-refractivity contribution is 0.310. The topological polar surface area (TPSA) is 85.6 Å². The molecule has 0 aliphatic carbocycles. The van der Waals surface area contributed by atoms with E-state index < -0.39 is 0 Å². The van der Waals surface area contributed by atoms with Crippen molar-refractivity contribution >= 4 is 29.9 Å². The summed E-state index contributed by atoms with van der Waals surface area (Å²) >= 11 is 0. The second-order valence-corrected chi connectivity index (χ2v) is 6.93. The molecule has 0 radical (unpaired) electrons. The first-order valence-corrected chi connectivity index (χ1v) is 10.5. The lowest BCUT2D eigenvalue weighted by Gasteiger charge is -2.13. The summed E-state index contributed by atoms with van der Waals surface area (Å²) in [6.07, 6.45) is 4.11. The summed E-state index contributed by atoms with van der Waals surface area (Å²) in [6.45, 7) is 7.87. The predicted molar refractivity (Wildman–Crippen MR) is 129 cm³/mol. The van der Waals surface area contributed by atoms with E-state index in [1.165, 1.54) is 5.56 Å². The lowest BCUT2D eigenvalue weighted by atomic mass is 10.1. The molecule has 1 aromatic heterocycles. The molecule has 3 rings (SSSR count). The second kappa shape index (κ2) is 12.6. The van der Waals surface area contributed by atoms with Crippen LogP contribution in [0.2, 0.25) is 0 Å². The number of fused-ring (bicyclic) bond motifs is 1. The SMILES string of the molecule is CCNC(=NCc1nnc2n1CCC2)NCCCc1ccc(OC)c(OCC)c1.I. The molecule has 0 unspecified atom stereocenters. The molecule has 0 atom stereocenters. The van der Waals surface area contributed by atoms with Gasteiger partial charge in [-0.1, -0.05) is 6.07 Å². The Labute approximate surface area is 195 Å². The third kappa shape index (κ3) is 6.48. The summed E-state index contributed by atoms with van der Waals surface area (Å²) in [5.74, 6) is 4.41. The maximum atomic E-state index is 5.66. The van der Waals surface area contributed by atoms with Gasteiger partial charge in [-0.05, 0) is 50.8 Å². The molecule has 2 N–H and O–H groups in total. The fourth-order valence-corrected chi connectivity index (χ4v) is 3.46. The highest BCUT2D eigenvalue weighted by atomic mass is 127. The van der Waals surface area contributed by atoms with Gasteiger partial charge in [-0.3, -0.25) is 0 Å². The molecule has 1 aromatic carbocycles. The number of nitrogens with one attached hydrogen (secondary N) is 2. The number of aryl methyl sites for hydroxylation is 2. The minimum absolute atomic E-state index is 0. The van der Waals surface area contributed by atoms with Crippen LogP contribution in [0.25, 0.3) is 0 Å². The standard InChI is InChI=1S/C21H32N6O2.HI/c1-4-22-21(24-15-20-26-25-19-9-7-13-27(19)20)23-12-6-8-16-10-11-17(28-3)18(14-16)29-5-2;/h10-11,14H,4-9,12-13,15H2,1-3H3,(H2,22,23,24);1H. The van der Waals surface area contributed by atoms with E-state index in [1.54, 1.807) is 7.11 Å². The van der Waals surface area contributed by atoms with Crippen molar-refractivity contribution in [3.63, 3.8) is 0 Å². The zero-order valence-corrected chi connectivity index (χ0v) is 20.4. The zero-order chi connectivity index (χ0) is 20.5. The van der Waals surface area contributed by atoms with Crippen LogP contribution in [0.5, 0.6) is 11.5 Å². The summed E-state index contributed by atoms with van der Waals surface area (Å²) < 4.78 is 13.2. The third-order valence-corrected chi connectivity index (χ3v) is 4.87. The van der Waals surface area contributed by atoms with Gasteiger partial charge < -0.3 is 24.7 Å². The first-order chi connectivity index (χ1) is 14.2. The molecule has 9 heteroatoms. The Hall–Kier alpha value is -2.04. The largest absolute Gasteiger partial charge is 0.493 e. The number of ether oxygens (including phenoxy) is 2. The van der Waals surface area contributed by atoms with Crippen LogP contribution in [0.15, 0.2) is 23.2 Å². The van der Waals surface area contributed by atoms with Gasteiger partial charge in [0.2, 0.25) is 0 Å². The molecule has 166 valence electrons. The van der Waals surface area contributed by atoms with Gasteiger partial charge in [-0.2, -0.15) is 0 Å². The fraction of sp³-hybridized carbons (Fsp3) is 0.571.